The summed E-state index contributed by atoms with van der Waals surface area (Å²) in [6.07, 6.45) is 3.87. The Kier molecular flexibility index (Phi) is 5.46. The predicted octanol–water partition coefficient (Wildman–Crippen LogP) is 3.99. The Morgan fingerprint density at radius 2 is 1.80 bits per heavy atom. The summed E-state index contributed by atoms with van der Waals surface area (Å²) in [6.45, 7) is 3.33. The smallest absolute Gasteiger partial charge is 0.123 e. The highest BCUT2D eigenvalue weighted by Crippen LogP contribution is 2.19. The monoisotopic (exact) mass is 339 g/mol. The largest absolute Gasteiger partial charge is 0.489 e. The molecule has 0 bridgehead atoms. The number of aryl methyl sites for hydroxylation is 1. The van der Waals surface area contributed by atoms with Crippen molar-refractivity contribution < 1.29 is 9.13 Å². The van der Waals surface area contributed by atoms with Gasteiger partial charge in [0.15, 0.2) is 0 Å². The summed E-state index contributed by atoms with van der Waals surface area (Å²) in [4.78, 5) is 0. The molecule has 0 amide bonds. The molecule has 0 spiro atoms. The first kappa shape index (κ1) is 17.2. The zero-order valence-electron chi connectivity index (χ0n) is 14.4. The summed E-state index contributed by atoms with van der Waals surface area (Å²) in [6, 6.07) is 14.6. The summed E-state index contributed by atoms with van der Waals surface area (Å²) in [5.74, 6) is 0.563. The van der Waals surface area contributed by atoms with E-state index in [4.69, 9.17) is 4.74 Å². The van der Waals surface area contributed by atoms with Crippen molar-refractivity contribution in [3.63, 3.8) is 0 Å². The minimum atomic E-state index is -0.235. The second kappa shape index (κ2) is 7.94. The molecule has 0 aliphatic carbocycles. The van der Waals surface area contributed by atoms with E-state index < -0.39 is 0 Å². The third kappa shape index (κ3) is 4.90. The third-order valence-corrected chi connectivity index (χ3v) is 4.07. The van der Waals surface area contributed by atoms with Gasteiger partial charge in [-0.1, -0.05) is 24.3 Å². The molecule has 0 saturated heterocycles. The second-order valence-electron chi connectivity index (χ2n) is 6.11. The van der Waals surface area contributed by atoms with E-state index in [2.05, 4.69) is 29.5 Å². The van der Waals surface area contributed by atoms with Gasteiger partial charge in [-0.05, 0) is 42.3 Å². The minimum absolute atomic E-state index is 0.228. The van der Waals surface area contributed by atoms with Gasteiger partial charge in [0, 0.05) is 31.4 Å². The second-order valence-corrected chi connectivity index (χ2v) is 6.11. The number of nitrogens with zero attached hydrogens (tertiary/aromatic N) is 2. The van der Waals surface area contributed by atoms with Gasteiger partial charge in [-0.3, -0.25) is 4.68 Å². The molecule has 3 rings (SSSR count). The Bertz CT molecular complexity index is 797. The van der Waals surface area contributed by atoms with Crippen LogP contribution in [0.1, 0.15) is 29.7 Å². The number of rotatable bonds is 7. The van der Waals surface area contributed by atoms with Crippen molar-refractivity contribution in [3.05, 3.63) is 83.4 Å². The lowest BCUT2D eigenvalue weighted by Gasteiger charge is -2.14. The lowest BCUT2D eigenvalue weighted by atomic mass is 10.1. The number of halogens is 1. The van der Waals surface area contributed by atoms with E-state index >= 15 is 0 Å². The Morgan fingerprint density at radius 3 is 2.44 bits per heavy atom. The highest BCUT2D eigenvalue weighted by Gasteiger charge is 2.06. The first-order valence-corrected chi connectivity index (χ1v) is 8.28. The summed E-state index contributed by atoms with van der Waals surface area (Å²) < 4.78 is 20.4. The Balaban J connectivity index is 1.51. The zero-order chi connectivity index (χ0) is 17.6. The van der Waals surface area contributed by atoms with Gasteiger partial charge >= 0.3 is 0 Å². The van der Waals surface area contributed by atoms with Crippen LogP contribution in [0.2, 0.25) is 0 Å². The molecule has 0 aliphatic heterocycles. The van der Waals surface area contributed by atoms with Crippen molar-refractivity contribution in [2.24, 2.45) is 7.05 Å². The normalized spacial score (nSPS) is 12.1. The van der Waals surface area contributed by atoms with Gasteiger partial charge in [-0.2, -0.15) is 5.10 Å². The van der Waals surface area contributed by atoms with Crippen LogP contribution in [0, 0.1) is 5.82 Å². The number of hydrogen-bond acceptors (Lipinski definition) is 3. The van der Waals surface area contributed by atoms with Gasteiger partial charge in [-0.15, -0.1) is 0 Å². The maximum absolute atomic E-state index is 12.9. The molecule has 0 aliphatic rings. The molecule has 130 valence electrons. The van der Waals surface area contributed by atoms with Crippen molar-refractivity contribution >= 4 is 0 Å². The molecule has 1 N–H and O–H groups in total. The van der Waals surface area contributed by atoms with Gasteiger partial charge in [-0.25, -0.2) is 4.39 Å². The fraction of sp³-hybridized carbons (Fsp3) is 0.250. The maximum atomic E-state index is 12.9. The van der Waals surface area contributed by atoms with E-state index in [1.165, 1.54) is 17.7 Å². The Morgan fingerprint density at radius 1 is 1.08 bits per heavy atom. The van der Waals surface area contributed by atoms with Crippen molar-refractivity contribution in [1.82, 2.24) is 15.1 Å². The van der Waals surface area contributed by atoms with Gasteiger partial charge in [0.2, 0.25) is 0 Å². The van der Waals surface area contributed by atoms with Crippen LogP contribution in [0.4, 0.5) is 4.39 Å². The van der Waals surface area contributed by atoms with Crippen molar-refractivity contribution in [2.45, 2.75) is 26.1 Å². The fourth-order valence-corrected chi connectivity index (χ4v) is 2.55. The van der Waals surface area contributed by atoms with Gasteiger partial charge in [0.25, 0.3) is 0 Å². The van der Waals surface area contributed by atoms with E-state index in [9.17, 15) is 4.39 Å². The summed E-state index contributed by atoms with van der Waals surface area (Å²) in [7, 11) is 1.91. The molecule has 0 radical (unpaired) electrons. The Labute approximate surface area is 147 Å². The van der Waals surface area contributed by atoms with Gasteiger partial charge in [0.1, 0.15) is 18.2 Å². The average Bonchev–Trinajstić information content (AvgIpc) is 3.05. The lowest BCUT2D eigenvalue weighted by Crippen LogP contribution is -2.17. The molecular formula is C20H22FN3O. The van der Waals surface area contributed by atoms with E-state index in [0.29, 0.717) is 6.61 Å². The highest BCUT2D eigenvalue weighted by molar-refractivity contribution is 5.29. The van der Waals surface area contributed by atoms with E-state index in [1.54, 1.807) is 16.8 Å². The van der Waals surface area contributed by atoms with Crippen LogP contribution in [0.5, 0.6) is 5.75 Å². The molecule has 4 nitrogen and oxygen atoms in total. The minimum Gasteiger partial charge on any atom is -0.489 e. The van der Waals surface area contributed by atoms with Crippen LogP contribution < -0.4 is 10.1 Å². The molecule has 3 aromatic rings. The van der Waals surface area contributed by atoms with E-state index in [1.807, 2.05) is 31.6 Å². The number of benzene rings is 2. The Hall–Kier alpha value is -2.66. The number of hydrogen-bond donors (Lipinski definition) is 1. The molecule has 1 heterocycles. The summed E-state index contributed by atoms with van der Waals surface area (Å²) in [5.41, 5.74) is 3.30. The molecule has 25 heavy (non-hydrogen) atoms. The third-order valence-electron chi connectivity index (χ3n) is 4.07. The SMILES string of the molecule is CC(NCc1cnn(C)c1)c1ccc(OCc2ccc(F)cc2)cc1. The van der Waals surface area contributed by atoms with Crippen molar-refractivity contribution in [2.75, 3.05) is 0 Å². The average molecular weight is 339 g/mol. The molecule has 0 fully saturated rings. The van der Waals surface area contributed by atoms with Gasteiger partial charge in [0.05, 0.1) is 6.20 Å². The summed E-state index contributed by atoms with van der Waals surface area (Å²) in [5, 5.41) is 7.65. The molecule has 1 aromatic heterocycles. The molecule has 0 saturated carbocycles. The predicted molar refractivity (Wildman–Crippen MR) is 95.6 cm³/mol. The topological polar surface area (TPSA) is 39.1 Å². The van der Waals surface area contributed by atoms with Crippen LogP contribution in [0.25, 0.3) is 0 Å². The molecule has 1 unspecified atom stereocenters. The molecule has 5 heteroatoms. The van der Waals surface area contributed by atoms with E-state index in [0.717, 1.165) is 23.4 Å². The molecular weight excluding hydrogens is 317 g/mol. The molecule has 1 atom stereocenters. The highest BCUT2D eigenvalue weighted by atomic mass is 19.1. The maximum Gasteiger partial charge on any atom is 0.123 e. The first-order chi connectivity index (χ1) is 12.1. The van der Waals surface area contributed by atoms with Crippen LogP contribution >= 0.6 is 0 Å². The number of aromatic nitrogens is 2. The van der Waals surface area contributed by atoms with Crippen LogP contribution in [0.3, 0.4) is 0 Å². The van der Waals surface area contributed by atoms with E-state index in [-0.39, 0.29) is 11.9 Å². The first-order valence-electron chi connectivity index (χ1n) is 8.28. The van der Waals surface area contributed by atoms with Gasteiger partial charge < -0.3 is 10.1 Å². The fourth-order valence-electron chi connectivity index (χ4n) is 2.55. The van der Waals surface area contributed by atoms with Crippen molar-refractivity contribution in [1.29, 1.82) is 0 Å². The number of ether oxygens (including phenoxy) is 1. The van der Waals surface area contributed by atoms with Crippen molar-refractivity contribution in [3.8, 4) is 5.75 Å². The standard InChI is InChI=1S/C20H22FN3O/c1-15(22-11-17-12-23-24(2)13-17)18-5-9-20(10-6-18)25-14-16-3-7-19(21)8-4-16/h3-10,12-13,15,22H,11,14H2,1-2H3. The van der Waals surface area contributed by atoms with Crippen LogP contribution in [-0.2, 0) is 20.2 Å². The van der Waals surface area contributed by atoms with Crippen LogP contribution in [-0.4, -0.2) is 9.78 Å². The quantitative estimate of drug-likeness (QED) is 0.707. The number of nitrogens with one attached hydrogen (secondary N) is 1. The summed E-state index contributed by atoms with van der Waals surface area (Å²) >= 11 is 0. The lowest BCUT2D eigenvalue weighted by molar-refractivity contribution is 0.306. The zero-order valence-corrected chi connectivity index (χ0v) is 14.4. The molecule has 2 aromatic carbocycles. The van der Waals surface area contributed by atoms with Crippen LogP contribution in [0.15, 0.2) is 60.9 Å².